The van der Waals surface area contributed by atoms with Crippen LogP contribution in [-0.2, 0) is 4.79 Å². The van der Waals surface area contributed by atoms with Crippen molar-refractivity contribution in [3.05, 3.63) is 90.5 Å². The van der Waals surface area contributed by atoms with Gasteiger partial charge in [0, 0.05) is 11.3 Å². The maximum Gasteiger partial charge on any atom is 0.271 e. The maximum atomic E-state index is 13.2. The van der Waals surface area contributed by atoms with E-state index in [1.54, 1.807) is 67.8 Å². The van der Waals surface area contributed by atoms with Gasteiger partial charge in [-0.3, -0.25) is 14.5 Å². The highest BCUT2D eigenvalue weighted by Gasteiger charge is 2.54. The van der Waals surface area contributed by atoms with Gasteiger partial charge in [-0.25, -0.2) is 0 Å². The molecule has 1 aliphatic heterocycles. The van der Waals surface area contributed by atoms with Crippen LogP contribution in [0.1, 0.15) is 10.4 Å². The zero-order valence-corrected chi connectivity index (χ0v) is 15.3. The molecule has 0 N–H and O–H groups in total. The fourth-order valence-corrected chi connectivity index (χ4v) is 3.28. The summed E-state index contributed by atoms with van der Waals surface area (Å²) in [4.78, 5) is 27.6. The number of para-hydroxylation sites is 1. The maximum absolute atomic E-state index is 13.2. The number of anilines is 1. The van der Waals surface area contributed by atoms with Crippen LogP contribution in [0.25, 0.3) is 0 Å². The van der Waals surface area contributed by atoms with Gasteiger partial charge >= 0.3 is 0 Å². The molecule has 0 bridgehead atoms. The van der Waals surface area contributed by atoms with E-state index in [0.29, 0.717) is 22.7 Å². The quantitative estimate of drug-likeness (QED) is 0.488. The van der Waals surface area contributed by atoms with Gasteiger partial charge in [-0.15, -0.1) is 0 Å². The first kappa shape index (κ1) is 17.8. The van der Waals surface area contributed by atoms with Crippen molar-refractivity contribution < 1.29 is 19.1 Å². The summed E-state index contributed by atoms with van der Waals surface area (Å²) >= 11 is 0. The molecule has 3 aromatic rings. The molecule has 2 atom stereocenters. The number of nitrogens with zero attached hydrogens (tertiary/aromatic N) is 1. The minimum Gasteiger partial charge on any atom is -0.497 e. The zero-order chi connectivity index (χ0) is 19.5. The van der Waals surface area contributed by atoms with Crippen molar-refractivity contribution >= 4 is 17.4 Å². The summed E-state index contributed by atoms with van der Waals surface area (Å²) in [5.41, 5.74) is 1.17. The highest BCUT2D eigenvalue weighted by molar-refractivity contribution is 6.18. The molecule has 0 saturated carbocycles. The number of carbonyl (C=O) groups excluding carboxylic acids is 2. The SMILES string of the molecule is COc1ccc(N2C(=O)[C@H](Oc3ccccc3)[C@@H]2C(=O)c2ccccc2)cc1. The number of benzene rings is 3. The minimum absolute atomic E-state index is 0.156. The number of ether oxygens (including phenoxy) is 2. The van der Waals surface area contributed by atoms with Gasteiger partial charge in [0.25, 0.3) is 5.91 Å². The lowest BCUT2D eigenvalue weighted by Gasteiger charge is -2.45. The van der Waals surface area contributed by atoms with E-state index < -0.39 is 12.1 Å². The molecule has 3 aromatic carbocycles. The Balaban J connectivity index is 1.66. The van der Waals surface area contributed by atoms with Crippen molar-refractivity contribution in [1.29, 1.82) is 0 Å². The van der Waals surface area contributed by atoms with Crippen LogP contribution in [0.2, 0.25) is 0 Å². The average molecular weight is 373 g/mol. The molecule has 0 aliphatic carbocycles. The summed E-state index contributed by atoms with van der Waals surface area (Å²) in [5, 5.41) is 0. The van der Waals surface area contributed by atoms with Crippen molar-refractivity contribution in [2.75, 3.05) is 12.0 Å². The first-order valence-electron chi connectivity index (χ1n) is 8.97. The predicted octanol–water partition coefficient (Wildman–Crippen LogP) is 3.74. The van der Waals surface area contributed by atoms with Crippen LogP contribution in [0.5, 0.6) is 11.5 Å². The van der Waals surface area contributed by atoms with Gasteiger partial charge in [0.15, 0.2) is 5.78 Å². The summed E-state index contributed by atoms with van der Waals surface area (Å²) < 4.78 is 11.1. The van der Waals surface area contributed by atoms with E-state index in [9.17, 15) is 9.59 Å². The molecule has 140 valence electrons. The van der Waals surface area contributed by atoms with Gasteiger partial charge in [0.2, 0.25) is 6.10 Å². The molecule has 1 aliphatic rings. The second kappa shape index (κ2) is 7.56. The summed E-state index contributed by atoms with van der Waals surface area (Å²) in [5.74, 6) is 0.834. The normalized spacial score (nSPS) is 18.3. The largest absolute Gasteiger partial charge is 0.497 e. The number of β-lactam (4-membered cyclic amide) rings is 1. The van der Waals surface area contributed by atoms with Crippen LogP contribution in [-0.4, -0.2) is 30.9 Å². The Bertz CT molecular complexity index is 971. The molecule has 1 saturated heterocycles. The Morgan fingerprint density at radius 2 is 1.43 bits per heavy atom. The Morgan fingerprint density at radius 1 is 0.821 bits per heavy atom. The molecular formula is C23H19NO4. The third-order valence-electron chi connectivity index (χ3n) is 4.73. The van der Waals surface area contributed by atoms with Crippen LogP contribution >= 0.6 is 0 Å². The van der Waals surface area contributed by atoms with E-state index in [1.807, 2.05) is 24.3 Å². The number of ketones is 1. The molecule has 5 nitrogen and oxygen atoms in total. The molecular weight excluding hydrogens is 354 g/mol. The molecule has 0 spiro atoms. The van der Waals surface area contributed by atoms with E-state index in [4.69, 9.17) is 9.47 Å². The summed E-state index contributed by atoms with van der Waals surface area (Å²) in [6.07, 6.45) is -0.864. The average Bonchev–Trinajstić information content (AvgIpc) is 2.76. The number of carbonyl (C=O) groups is 2. The van der Waals surface area contributed by atoms with Crippen LogP contribution in [0.4, 0.5) is 5.69 Å². The second-order valence-electron chi connectivity index (χ2n) is 6.43. The molecule has 1 fully saturated rings. The molecule has 1 heterocycles. The van der Waals surface area contributed by atoms with Gasteiger partial charge < -0.3 is 9.47 Å². The molecule has 0 radical (unpaired) electrons. The van der Waals surface area contributed by atoms with E-state index in [2.05, 4.69) is 0 Å². The topological polar surface area (TPSA) is 55.8 Å². The molecule has 1 amide bonds. The number of rotatable bonds is 6. The van der Waals surface area contributed by atoms with Crippen molar-refractivity contribution in [1.82, 2.24) is 0 Å². The van der Waals surface area contributed by atoms with Crippen LogP contribution in [0, 0.1) is 0 Å². The van der Waals surface area contributed by atoms with Gasteiger partial charge in [-0.1, -0.05) is 48.5 Å². The highest BCUT2D eigenvalue weighted by atomic mass is 16.5. The van der Waals surface area contributed by atoms with Crippen molar-refractivity contribution in [2.24, 2.45) is 0 Å². The number of Topliss-reactive ketones (excluding diaryl/α,β-unsaturated/α-hetero) is 1. The first-order valence-corrected chi connectivity index (χ1v) is 8.97. The monoisotopic (exact) mass is 373 g/mol. The van der Waals surface area contributed by atoms with Crippen molar-refractivity contribution in [3.8, 4) is 11.5 Å². The minimum atomic E-state index is -0.864. The van der Waals surface area contributed by atoms with Crippen LogP contribution in [0.15, 0.2) is 84.9 Å². The fraction of sp³-hybridized carbons (Fsp3) is 0.130. The summed E-state index contributed by atoms with van der Waals surface area (Å²) in [6.45, 7) is 0. The second-order valence-corrected chi connectivity index (χ2v) is 6.43. The van der Waals surface area contributed by atoms with E-state index in [-0.39, 0.29) is 11.7 Å². The van der Waals surface area contributed by atoms with E-state index in [0.717, 1.165) is 0 Å². The van der Waals surface area contributed by atoms with Gasteiger partial charge in [-0.2, -0.15) is 0 Å². The van der Waals surface area contributed by atoms with Gasteiger partial charge in [0.1, 0.15) is 17.5 Å². The molecule has 5 heteroatoms. The van der Waals surface area contributed by atoms with Gasteiger partial charge in [-0.05, 0) is 36.4 Å². The zero-order valence-electron chi connectivity index (χ0n) is 15.3. The van der Waals surface area contributed by atoms with E-state index >= 15 is 0 Å². The Kier molecular flexibility index (Phi) is 4.81. The van der Waals surface area contributed by atoms with Crippen molar-refractivity contribution in [2.45, 2.75) is 12.1 Å². The lowest BCUT2D eigenvalue weighted by molar-refractivity contribution is -0.133. The predicted molar refractivity (Wildman–Crippen MR) is 106 cm³/mol. The number of hydrogen-bond acceptors (Lipinski definition) is 4. The Hall–Kier alpha value is -3.60. The first-order chi connectivity index (χ1) is 13.7. The standard InChI is InChI=1S/C23H19NO4/c1-27-18-14-12-17(13-15-18)24-20(21(25)16-8-4-2-5-9-16)22(23(24)26)28-19-10-6-3-7-11-19/h2-15,20,22H,1H3/t20-,22+/m0/s1. The Labute approximate surface area is 163 Å². The summed E-state index contributed by atoms with van der Waals surface area (Å²) in [6, 6.07) is 24.3. The third-order valence-corrected chi connectivity index (χ3v) is 4.73. The Morgan fingerprint density at radius 3 is 2.04 bits per heavy atom. The molecule has 28 heavy (non-hydrogen) atoms. The summed E-state index contributed by atoms with van der Waals surface area (Å²) in [7, 11) is 1.58. The van der Waals surface area contributed by atoms with Crippen molar-refractivity contribution in [3.63, 3.8) is 0 Å². The fourth-order valence-electron chi connectivity index (χ4n) is 3.28. The number of methoxy groups -OCH3 is 1. The lowest BCUT2D eigenvalue weighted by Crippen LogP contribution is -2.70. The molecule has 0 aromatic heterocycles. The third kappa shape index (κ3) is 3.22. The number of amides is 1. The van der Waals surface area contributed by atoms with E-state index in [1.165, 1.54) is 4.90 Å². The molecule has 4 rings (SSSR count). The smallest absolute Gasteiger partial charge is 0.271 e. The molecule has 0 unspecified atom stereocenters. The number of hydrogen-bond donors (Lipinski definition) is 0. The van der Waals surface area contributed by atoms with Crippen LogP contribution in [0.3, 0.4) is 0 Å². The van der Waals surface area contributed by atoms with Gasteiger partial charge in [0.05, 0.1) is 7.11 Å². The lowest BCUT2D eigenvalue weighted by atomic mass is 9.89. The highest BCUT2D eigenvalue weighted by Crippen LogP contribution is 2.34. The van der Waals surface area contributed by atoms with Crippen LogP contribution < -0.4 is 14.4 Å².